The van der Waals surface area contributed by atoms with Crippen molar-refractivity contribution in [2.24, 2.45) is 0 Å². The first-order valence-corrected chi connectivity index (χ1v) is 6.10. The van der Waals surface area contributed by atoms with Crippen LogP contribution in [0.3, 0.4) is 0 Å². The zero-order chi connectivity index (χ0) is 10.8. The molecule has 0 spiro atoms. The molecule has 2 aromatic rings. The summed E-state index contributed by atoms with van der Waals surface area (Å²) in [6.45, 7) is 0. The molecular formula is C11H6FIOS. The minimum atomic E-state index is -0.349. The van der Waals surface area contributed by atoms with Gasteiger partial charge in [-0.15, -0.1) is 11.3 Å². The maximum atomic E-state index is 13.6. The fraction of sp³-hybridized carbons (Fsp3) is 0. The highest BCUT2D eigenvalue weighted by molar-refractivity contribution is 14.1. The van der Waals surface area contributed by atoms with Crippen LogP contribution in [0.1, 0.15) is 10.4 Å². The summed E-state index contributed by atoms with van der Waals surface area (Å²) in [6.07, 6.45) is 0.644. The number of aldehydes is 1. The number of rotatable bonds is 2. The van der Waals surface area contributed by atoms with Gasteiger partial charge in [0.05, 0.1) is 2.88 Å². The van der Waals surface area contributed by atoms with Crippen LogP contribution in [0.2, 0.25) is 0 Å². The molecule has 0 aliphatic rings. The number of carbonyl (C=O) groups is 1. The second-order valence-electron chi connectivity index (χ2n) is 2.96. The van der Waals surface area contributed by atoms with E-state index in [1.165, 1.54) is 17.4 Å². The number of halogens is 2. The molecule has 2 rings (SSSR count). The average molecular weight is 332 g/mol. The fourth-order valence-corrected chi connectivity index (χ4v) is 2.91. The standard InChI is InChI=1S/C11H6FIOS/c12-9-5-7(6-14)1-2-8(9)10-3-4-11(13)15-10/h1-6H. The topological polar surface area (TPSA) is 17.1 Å². The molecule has 4 heteroatoms. The Morgan fingerprint density at radius 2 is 2.07 bits per heavy atom. The third-order valence-corrected chi connectivity index (χ3v) is 3.90. The SMILES string of the molecule is O=Cc1ccc(-c2ccc(I)s2)c(F)c1. The summed E-state index contributed by atoms with van der Waals surface area (Å²) in [5.41, 5.74) is 0.913. The summed E-state index contributed by atoms with van der Waals surface area (Å²) in [6, 6.07) is 8.34. The molecule has 0 saturated heterocycles. The van der Waals surface area contributed by atoms with Gasteiger partial charge in [0, 0.05) is 16.0 Å². The maximum absolute atomic E-state index is 13.6. The normalized spacial score (nSPS) is 10.3. The van der Waals surface area contributed by atoms with Crippen LogP contribution in [-0.4, -0.2) is 6.29 Å². The summed E-state index contributed by atoms with van der Waals surface area (Å²) < 4.78 is 14.7. The predicted octanol–water partition coefficient (Wildman–Crippen LogP) is 3.97. The predicted molar refractivity (Wildman–Crippen MR) is 67.8 cm³/mol. The van der Waals surface area contributed by atoms with Crippen LogP contribution < -0.4 is 0 Å². The molecule has 0 amide bonds. The lowest BCUT2D eigenvalue weighted by atomic mass is 10.1. The number of benzene rings is 1. The number of thiophene rings is 1. The number of hydrogen-bond donors (Lipinski definition) is 0. The van der Waals surface area contributed by atoms with E-state index in [0.717, 1.165) is 7.76 Å². The van der Waals surface area contributed by atoms with Gasteiger partial charge < -0.3 is 0 Å². The largest absolute Gasteiger partial charge is 0.298 e. The number of hydrogen-bond acceptors (Lipinski definition) is 2. The van der Waals surface area contributed by atoms with Crippen molar-refractivity contribution in [3.8, 4) is 10.4 Å². The molecule has 0 aliphatic heterocycles. The van der Waals surface area contributed by atoms with Crippen LogP contribution in [0.4, 0.5) is 4.39 Å². The Labute approximate surface area is 104 Å². The van der Waals surface area contributed by atoms with Gasteiger partial charge in [-0.1, -0.05) is 6.07 Å². The Bertz CT molecular complexity index is 507. The number of carbonyl (C=O) groups excluding carboxylic acids is 1. The summed E-state index contributed by atoms with van der Waals surface area (Å²) >= 11 is 3.72. The van der Waals surface area contributed by atoms with E-state index in [9.17, 15) is 9.18 Å². The molecule has 1 aromatic heterocycles. The highest BCUT2D eigenvalue weighted by atomic mass is 127. The summed E-state index contributed by atoms with van der Waals surface area (Å²) in [7, 11) is 0. The van der Waals surface area contributed by atoms with Crippen molar-refractivity contribution in [3.63, 3.8) is 0 Å². The molecule has 0 saturated carbocycles. The molecule has 0 N–H and O–H groups in total. The highest BCUT2D eigenvalue weighted by Gasteiger charge is 2.07. The Kier molecular flexibility index (Phi) is 3.16. The van der Waals surface area contributed by atoms with Crippen molar-refractivity contribution in [2.45, 2.75) is 0 Å². The first kappa shape index (κ1) is 10.8. The van der Waals surface area contributed by atoms with Crippen LogP contribution in [0.25, 0.3) is 10.4 Å². The minimum Gasteiger partial charge on any atom is -0.298 e. The van der Waals surface area contributed by atoms with Gasteiger partial charge in [0.25, 0.3) is 0 Å². The zero-order valence-corrected chi connectivity index (χ0v) is 10.5. The molecule has 0 fully saturated rings. The quantitative estimate of drug-likeness (QED) is 0.601. The lowest BCUT2D eigenvalue weighted by Crippen LogP contribution is -1.85. The second-order valence-corrected chi connectivity index (χ2v) is 5.94. The lowest BCUT2D eigenvalue weighted by Gasteiger charge is -2.00. The summed E-state index contributed by atoms with van der Waals surface area (Å²) in [5.74, 6) is -0.349. The Morgan fingerprint density at radius 1 is 1.27 bits per heavy atom. The van der Waals surface area contributed by atoms with Gasteiger partial charge in [-0.05, 0) is 46.9 Å². The van der Waals surface area contributed by atoms with Crippen LogP contribution in [-0.2, 0) is 0 Å². The molecular weight excluding hydrogens is 326 g/mol. The summed E-state index contributed by atoms with van der Waals surface area (Å²) in [4.78, 5) is 11.3. The Hall–Kier alpha value is -0.750. The van der Waals surface area contributed by atoms with Crippen LogP contribution in [0, 0.1) is 8.70 Å². The van der Waals surface area contributed by atoms with Gasteiger partial charge in [0.15, 0.2) is 0 Å². The van der Waals surface area contributed by atoms with E-state index in [2.05, 4.69) is 22.6 Å². The first-order valence-electron chi connectivity index (χ1n) is 4.21. The van der Waals surface area contributed by atoms with Gasteiger partial charge >= 0.3 is 0 Å². The van der Waals surface area contributed by atoms with E-state index < -0.39 is 0 Å². The van der Waals surface area contributed by atoms with Gasteiger partial charge in [-0.2, -0.15) is 0 Å². The third-order valence-electron chi connectivity index (χ3n) is 1.97. The molecule has 0 bridgehead atoms. The maximum Gasteiger partial charge on any atom is 0.150 e. The lowest BCUT2D eigenvalue weighted by molar-refractivity contribution is 0.112. The molecule has 1 aromatic carbocycles. The molecule has 76 valence electrons. The van der Waals surface area contributed by atoms with E-state index in [0.29, 0.717) is 17.4 Å². The van der Waals surface area contributed by atoms with Crippen molar-refractivity contribution >= 4 is 40.2 Å². The van der Waals surface area contributed by atoms with Crippen LogP contribution >= 0.6 is 33.9 Å². The van der Waals surface area contributed by atoms with E-state index >= 15 is 0 Å². The van der Waals surface area contributed by atoms with E-state index in [1.807, 2.05) is 12.1 Å². The molecule has 0 atom stereocenters. The van der Waals surface area contributed by atoms with Gasteiger partial charge in [0.2, 0.25) is 0 Å². The van der Waals surface area contributed by atoms with Gasteiger partial charge in [0.1, 0.15) is 12.1 Å². The molecule has 0 aliphatic carbocycles. The third kappa shape index (κ3) is 2.26. The van der Waals surface area contributed by atoms with Crippen molar-refractivity contribution in [3.05, 3.63) is 44.6 Å². The van der Waals surface area contributed by atoms with Crippen LogP contribution in [0.15, 0.2) is 30.3 Å². The smallest absolute Gasteiger partial charge is 0.150 e. The van der Waals surface area contributed by atoms with Crippen molar-refractivity contribution in [1.29, 1.82) is 0 Å². The fourth-order valence-electron chi connectivity index (χ4n) is 1.26. The van der Waals surface area contributed by atoms with Gasteiger partial charge in [-0.25, -0.2) is 4.39 Å². The van der Waals surface area contributed by atoms with Gasteiger partial charge in [-0.3, -0.25) is 4.79 Å². The van der Waals surface area contributed by atoms with Crippen molar-refractivity contribution in [2.75, 3.05) is 0 Å². The monoisotopic (exact) mass is 332 g/mol. The van der Waals surface area contributed by atoms with E-state index in [1.54, 1.807) is 12.1 Å². The highest BCUT2D eigenvalue weighted by Crippen LogP contribution is 2.30. The van der Waals surface area contributed by atoms with E-state index in [4.69, 9.17) is 0 Å². The molecule has 0 radical (unpaired) electrons. The summed E-state index contributed by atoms with van der Waals surface area (Å²) in [5, 5.41) is 0. The van der Waals surface area contributed by atoms with Crippen molar-refractivity contribution in [1.82, 2.24) is 0 Å². The molecule has 0 unspecified atom stereocenters. The minimum absolute atomic E-state index is 0.349. The Balaban J connectivity index is 2.49. The average Bonchev–Trinajstić information content (AvgIpc) is 2.64. The molecule has 1 heterocycles. The first-order chi connectivity index (χ1) is 7.20. The molecule has 1 nitrogen and oxygen atoms in total. The molecule has 15 heavy (non-hydrogen) atoms. The van der Waals surface area contributed by atoms with Crippen molar-refractivity contribution < 1.29 is 9.18 Å². The van der Waals surface area contributed by atoms with Crippen LogP contribution in [0.5, 0.6) is 0 Å². The second kappa shape index (κ2) is 4.40. The Morgan fingerprint density at radius 3 is 2.60 bits per heavy atom. The zero-order valence-electron chi connectivity index (χ0n) is 7.54. The van der Waals surface area contributed by atoms with E-state index in [-0.39, 0.29) is 5.82 Å².